The molecule has 0 radical (unpaired) electrons. The number of dihydropyridines is 1. The van der Waals surface area contributed by atoms with Crippen LogP contribution in [0.2, 0.25) is 0 Å². The molecule has 2 aliphatic rings. The lowest BCUT2D eigenvalue weighted by molar-refractivity contribution is -0.144. The molecule has 2 rings (SSSR count). The summed E-state index contributed by atoms with van der Waals surface area (Å²) in [6, 6.07) is 0. The number of carbonyl (C=O) groups excluding carboxylic acids is 1. The molecule has 0 fully saturated rings. The van der Waals surface area contributed by atoms with Gasteiger partial charge in [0.2, 0.25) is 0 Å². The minimum absolute atomic E-state index is 0.0645. The van der Waals surface area contributed by atoms with Gasteiger partial charge in [-0.25, -0.2) is 9.45 Å². The Bertz CT molecular complexity index is 417. The maximum absolute atomic E-state index is 13.1. The van der Waals surface area contributed by atoms with Gasteiger partial charge in [-0.1, -0.05) is 6.08 Å². The van der Waals surface area contributed by atoms with Crippen molar-refractivity contribution in [2.75, 3.05) is 6.61 Å². The molecule has 92 valence electrons. The Kier molecular flexibility index (Phi) is 3.23. The van der Waals surface area contributed by atoms with E-state index in [9.17, 15) is 14.4 Å². The van der Waals surface area contributed by atoms with E-state index in [0.29, 0.717) is 10.6 Å². The van der Waals surface area contributed by atoms with Gasteiger partial charge in [-0.15, -0.1) is 0 Å². The lowest BCUT2D eigenvalue weighted by Gasteiger charge is -2.30. The van der Waals surface area contributed by atoms with Crippen molar-refractivity contribution >= 4 is 12.2 Å². The van der Waals surface area contributed by atoms with Crippen LogP contribution < -0.4 is 0 Å². The van der Waals surface area contributed by atoms with E-state index in [4.69, 9.17) is 4.74 Å². The number of allylic oxidation sites excluding steroid dienone is 1. The first kappa shape index (κ1) is 11.8. The van der Waals surface area contributed by atoms with Gasteiger partial charge in [0.15, 0.2) is 6.17 Å². The molecule has 2 unspecified atom stereocenters. The molecule has 0 aromatic carbocycles. The van der Waals surface area contributed by atoms with E-state index in [1.165, 1.54) is 6.21 Å². The largest absolute Gasteiger partial charge is 0.465 e. The van der Waals surface area contributed by atoms with Crippen molar-refractivity contribution in [2.45, 2.75) is 19.5 Å². The zero-order valence-corrected chi connectivity index (χ0v) is 9.34. The van der Waals surface area contributed by atoms with E-state index < -0.39 is 23.9 Å². The summed E-state index contributed by atoms with van der Waals surface area (Å²) in [7, 11) is 0. The standard InChI is InChI=1S/C11H13FN2O3/c1-2-17-11(15)8-3-7-4-9(12)6-14(16)10(7)13-5-8/h3,5-6,8,10,16H,2,4H2,1H3. The maximum atomic E-state index is 13.1. The number of carbonyl (C=O) groups is 1. The molecule has 2 aliphatic heterocycles. The van der Waals surface area contributed by atoms with E-state index in [-0.39, 0.29) is 13.0 Å². The Morgan fingerprint density at radius 3 is 3.24 bits per heavy atom. The third kappa shape index (κ3) is 2.36. The zero-order chi connectivity index (χ0) is 12.4. The van der Waals surface area contributed by atoms with Crippen LogP contribution in [-0.2, 0) is 9.53 Å². The molecule has 2 atom stereocenters. The van der Waals surface area contributed by atoms with Crippen LogP contribution in [0.25, 0.3) is 0 Å². The Morgan fingerprint density at radius 2 is 2.53 bits per heavy atom. The molecular weight excluding hydrogens is 227 g/mol. The van der Waals surface area contributed by atoms with E-state index in [1.807, 2.05) is 0 Å². The summed E-state index contributed by atoms with van der Waals surface area (Å²) in [5.41, 5.74) is 0.563. The highest BCUT2D eigenvalue weighted by Gasteiger charge is 2.30. The van der Waals surface area contributed by atoms with Crippen molar-refractivity contribution in [3.8, 4) is 0 Å². The smallest absolute Gasteiger partial charge is 0.318 e. The van der Waals surface area contributed by atoms with E-state index in [2.05, 4.69) is 4.99 Å². The van der Waals surface area contributed by atoms with Crippen molar-refractivity contribution in [3.63, 3.8) is 0 Å². The molecule has 0 saturated carbocycles. The van der Waals surface area contributed by atoms with Crippen LogP contribution in [0.5, 0.6) is 0 Å². The van der Waals surface area contributed by atoms with Gasteiger partial charge in [-0.3, -0.25) is 15.0 Å². The predicted molar refractivity (Wildman–Crippen MR) is 57.9 cm³/mol. The number of hydrogen-bond donors (Lipinski definition) is 1. The van der Waals surface area contributed by atoms with Crippen LogP contribution in [-0.4, -0.2) is 35.2 Å². The van der Waals surface area contributed by atoms with Gasteiger partial charge in [-0.2, -0.15) is 0 Å². The summed E-state index contributed by atoms with van der Waals surface area (Å²) >= 11 is 0. The Morgan fingerprint density at radius 1 is 1.76 bits per heavy atom. The molecule has 6 heteroatoms. The number of ether oxygens (including phenoxy) is 1. The normalized spacial score (nSPS) is 27.1. The molecule has 0 amide bonds. The van der Waals surface area contributed by atoms with Gasteiger partial charge in [0.1, 0.15) is 11.7 Å². The number of rotatable bonds is 2. The lowest BCUT2D eigenvalue weighted by atomic mass is 9.97. The molecule has 0 aromatic heterocycles. The summed E-state index contributed by atoms with van der Waals surface area (Å²) in [6.07, 6.45) is 3.43. The van der Waals surface area contributed by atoms with Crippen molar-refractivity contribution < 1.29 is 19.1 Å². The minimum Gasteiger partial charge on any atom is -0.465 e. The summed E-state index contributed by atoms with van der Waals surface area (Å²) in [5.74, 6) is -1.48. The third-order valence-corrected chi connectivity index (χ3v) is 2.57. The number of nitrogens with zero attached hydrogens (tertiary/aromatic N) is 2. The Labute approximate surface area is 97.8 Å². The van der Waals surface area contributed by atoms with Crippen LogP contribution in [0.15, 0.2) is 28.7 Å². The van der Waals surface area contributed by atoms with Crippen molar-refractivity contribution in [1.82, 2.24) is 5.06 Å². The Balaban J connectivity index is 2.17. The average molecular weight is 240 g/mol. The fourth-order valence-corrected chi connectivity index (χ4v) is 1.84. The topological polar surface area (TPSA) is 62.1 Å². The van der Waals surface area contributed by atoms with Crippen molar-refractivity contribution in [3.05, 3.63) is 23.7 Å². The summed E-state index contributed by atoms with van der Waals surface area (Å²) in [6.45, 7) is 2.00. The highest BCUT2D eigenvalue weighted by atomic mass is 19.1. The van der Waals surface area contributed by atoms with Crippen molar-refractivity contribution in [1.29, 1.82) is 0 Å². The molecule has 1 N–H and O–H groups in total. The fraction of sp³-hybridized carbons (Fsp3) is 0.455. The van der Waals surface area contributed by atoms with Crippen LogP contribution >= 0.6 is 0 Å². The van der Waals surface area contributed by atoms with Gasteiger partial charge in [0.25, 0.3) is 0 Å². The van der Waals surface area contributed by atoms with E-state index >= 15 is 0 Å². The number of esters is 1. The number of hydroxylamine groups is 2. The second kappa shape index (κ2) is 4.67. The number of aliphatic imine (C=N–C) groups is 1. The molecule has 0 aromatic rings. The highest BCUT2D eigenvalue weighted by molar-refractivity contribution is 5.93. The molecule has 17 heavy (non-hydrogen) atoms. The summed E-state index contributed by atoms with van der Waals surface area (Å²) in [4.78, 5) is 15.5. The molecule has 0 aliphatic carbocycles. The van der Waals surface area contributed by atoms with E-state index in [0.717, 1.165) is 6.20 Å². The second-order valence-corrected chi connectivity index (χ2v) is 3.82. The van der Waals surface area contributed by atoms with Crippen molar-refractivity contribution in [2.24, 2.45) is 10.9 Å². The predicted octanol–water partition coefficient (Wildman–Crippen LogP) is 1.41. The van der Waals surface area contributed by atoms with Gasteiger partial charge < -0.3 is 4.74 Å². The quantitative estimate of drug-likeness (QED) is 0.585. The van der Waals surface area contributed by atoms with Crippen LogP contribution in [0.3, 0.4) is 0 Å². The molecule has 2 heterocycles. The molecule has 5 nitrogen and oxygen atoms in total. The van der Waals surface area contributed by atoms with Crippen LogP contribution in [0, 0.1) is 5.92 Å². The monoisotopic (exact) mass is 240 g/mol. The molecular formula is C11H13FN2O3. The third-order valence-electron chi connectivity index (χ3n) is 2.57. The van der Waals surface area contributed by atoms with Crippen LogP contribution in [0.4, 0.5) is 4.39 Å². The van der Waals surface area contributed by atoms with E-state index in [1.54, 1.807) is 13.0 Å². The fourth-order valence-electron chi connectivity index (χ4n) is 1.84. The Hall–Kier alpha value is -1.69. The lowest BCUT2D eigenvalue weighted by Crippen LogP contribution is -2.35. The first-order valence-corrected chi connectivity index (χ1v) is 5.35. The van der Waals surface area contributed by atoms with Crippen LogP contribution in [0.1, 0.15) is 13.3 Å². The highest BCUT2D eigenvalue weighted by Crippen LogP contribution is 2.29. The van der Waals surface area contributed by atoms with Gasteiger partial charge in [0, 0.05) is 12.6 Å². The second-order valence-electron chi connectivity index (χ2n) is 3.82. The zero-order valence-electron chi connectivity index (χ0n) is 9.34. The average Bonchev–Trinajstić information content (AvgIpc) is 2.28. The number of halogens is 1. The van der Waals surface area contributed by atoms with Gasteiger partial charge >= 0.3 is 5.97 Å². The number of fused-ring (bicyclic) bond motifs is 1. The minimum atomic E-state index is -0.625. The van der Waals surface area contributed by atoms with Gasteiger partial charge in [-0.05, 0) is 12.5 Å². The van der Waals surface area contributed by atoms with Gasteiger partial charge in [0.05, 0.1) is 12.8 Å². The molecule has 0 bridgehead atoms. The SMILES string of the molecule is CCOC(=O)C1C=NC2C(=C1)CC(F)=CN2O. The summed E-state index contributed by atoms with van der Waals surface area (Å²) in [5, 5.41) is 10.1. The molecule has 0 spiro atoms. The summed E-state index contributed by atoms with van der Waals surface area (Å²) < 4.78 is 18.0. The first-order valence-electron chi connectivity index (χ1n) is 5.35. The molecule has 0 saturated heterocycles. The maximum Gasteiger partial charge on any atom is 0.318 e. The number of hydrogen-bond acceptors (Lipinski definition) is 5. The first-order chi connectivity index (χ1) is 8.11.